The summed E-state index contributed by atoms with van der Waals surface area (Å²) in [5, 5.41) is 2.87. The zero-order valence-electron chi connectivity index (χ0n) is 22.9. The second kappa shape index (κ2) is 13.4. The second-order valence-corrected chi connectivity index (χ2v) is 11.3. The Morgan fingerprint density at radius 2 is 1.56 bits per heavy atom. The lowest BCUT2D eigenvalue weighted by Crippen LogP contribution is -2.52. The van der Waals surface area contributed by atoms with Gasteiger partial charge in [-0.3, -0.25) is 13.9 Å². The van der Waals surface area contributed by atoms with Gasteiger partial charge in [0, 0.05) is 13.1 Å². The number of sulfonamides is 1. The standard InChI is InChI=1S/C30H36FN3O4S/c1-5-19-32-30(36)28(6-2)33(20-24-10-8-7-9-23(24)4)29(35)21-34(26-15-11-22(3)12-16-26)39(37,38)27-17-13-25(31)14-18-27/h7-18,28H,5-6,19-21H2,1-4H3,(H,32,36)/t28-/m0/s1. The number of aryl methyl sites for hydroxylation is 2. The lowest BCUT2D eigenvalue weighted by Gasteiger charge is -2.33. The summed E-state index contributed by atoms with van der Waals surface area (Å²) in [4.78, 5) is 28.4. The summed E-state index contributed by atoms with van der Waals surface area (Å²) in [7, 11) is -4.24. The highest BCUT2D eigenvalue weighted by Crippen LogP contribution is 2.25. The number of hydrogen-bond donors (Lipinski definition) is 1. The minimum Gasteiger partial charge on any atom is -0.354 e. The molecule has 0 aliphatic rings. The number of halogens is 1. The van der Waals surface area contributed by atoms with Crippen LogP contribution in [0.1, 0.15) is 43.4 Å². The van der Waals surface area contributed by atoms with Crippen LogP contribution in [0.2, 0.25) is 0 Å². The van der Waals surface area contributed by atoms with Crippen LogP contribution in [0.3, 0.4) is 0 Å². The number of carbonyl (C=O) groups excluding carboxylic acids is 2. The number of rotatable bonds is 12. The molecule has 1 N–H and O–H groups in total. The molecular weight excluding hydrogens is 517 g/mol. The van der Waals surface area contributed by atoms with E-state index >= 15 is 0 Å². The molecule has 0 fully saturated rings. The van der Waals surface area contributed by atoms with Gasteiger partial charge in [0.25, 0.3) is 10.0 Å². The van der Waals surface area contributed by atoms with Crippen LogP contribution in [-0.2, 0) is 26.2 Å². The van der Waals surface area contributed by atoms with E-state index < -0.39 is 34.3 Å². The van der Waals surface area contributed by atoms with Gasteiger partial charge in [0.15, 0.2) is 0 Å². The van der Waals surface area contributed by atoms with E-state index in [4.69, 9.17) is 0 Å². The Bertz CT molecular complexity index is 1380. The van der Waals surface area contributed by atoms with Crippen LogP contribution in [0.25, 0.3) is 0 Å². The van der Waals surface area contributed by atoms with Crippen molar-refractivity contribution in [2.24, 2.45) is 0 Å². The molecule has 208 valence electrons. The molecule has 3 aromatic carbocycles. The molecule has 2 amide bonds. The molecular formula is C30H36FN3O4S. The molecule has 0 unspecified atom stereocenters. The fraction of sp³-hybridized carbons (Fsp3) is 0.333. The summed E-state index contributed by atoms with van der Waals surface area (Å²) >= 11 is 0. The number of amides is 2. The van der Waals surface area contributed by atoms with E-state index in [1.807, 2.05) is 52.0 Å². The molecule has 7 nitrogen and oxygen atoms in total. The van der Waals surface area contributed by atoms with Gasteiger partial charge >= 0.3 is 0 Å². The molecule has 0 aliphatic carbocycles. The molecule has 0 saturated heterocycles. The number of benzene rings is 3. The molecule has 0 bridgehead atoms. The van der Waals surface area contributed by atoms with E-state index in [1.165, 1.54) is 17.0 Å². The molecule has 0 radical (unpaired) electrons. The van der Waals surface area contributed by atoms with E-state index in [0.29, 0.717) is 13.0 Å². The monoisotopic (exact) mass is 553 g/mol. The fourth-order valence-electron chi connectivity index (χ4n) is 4.23. The van der Waals surface area contributed by atoms with Gasteiger partial charge in [-0.25, -0.2) is 12.8 Å². The van der Waals surface area contributed by atoms with Crippen LogP contribution in [0, 0.1) is 19.7 Å². The van der Waals surface area contributed by atoms with E-state index in [2.05, 4.69) is 5.32 Å². The van der Waals surface area contributed by atoms with E-state index in [0.717, 1.165) is 39.5 Å². The summed E-state index contributed by atoms with van der Waals surface area (Å²) in [6, 6.07) is 18.0. The lowest BCUT2D eigenvalue weighted by molar-refractivity contribution is -0.140. The van der Waals surface area contributed by atoms with Crippen LogP contribution < -0.4 is 9.62 Å². The average molecular weight is 554 g/mol. The van der Waals surface area contributed by atoms with Crippen molar-refractivity contribution in [3.8, 4) is 0 Å². The van der Waals surface area contributed by atoms with Gasteiger partial charge in [-0.2, -0.15) is 0 Å². The van der Waals surface area contributed by atoms with E-state index in [1.54, 1.807) is 24.3 Å². The largest absolute Gasteiger partial charge is 0.354 e. The molecule has 0 heterocycles. The minimum atomic E-state index is -4.24. The zero-order valence-corrected chi connectivity index (χ0v) is 23.7. The predicted octanol–water partition coefficient (Wildman–Crippen LogP) is 4.97. The Kier molecular flexibility index (Phi) is 10.2. The molecule has 0 saturated carbocycles. The summed E-state index contributed by atoms with van der Waals surface area (Å²) in [5.41, 5.74) is 3.02. The van der Waals surface area contributed by atoms with Gasteiger partial charge in [-0.05, 0) is 74.2 Å². The Hall–Kier alpha value is -3.72. The SMILES string of the molecule is CCCNC(=O)[C@H](CC)N(Cc1ccccc1C)C(=O)CN(c1ccc(C)cc1)S(=O)(=O)c1ccc(F)cc1. The first kappa shape index (κ1) is 29.8. The second-order valence-electron chi connectivity index (χ2n) is 9.46. The highest BCUT2D eigenvalue weighted by atomic mass is 32.2. The van der Waals surface area contributed by atoms with Crippen molar-refractivity contribution < 1.29 is 22.4 Å². The number of hydrogen-bond acceptors (Lipinski definition) is 4. The third kappa shape index (κ3) is 7.44. The average Bonchev–Trinajstić information content (AvgIpc) is 2.92. The van der Waals surface area contributed by atoms with Crippen LogP contribution in [-0.4, -0.2) is 44.3 Å². The Labute approximate surface area is 230 Å². The zero-order chi connectivity index (χ0) is 28.6. The smallest absolute Gasteiger partial charge is 0.264 e. The van der Waals surface area contributed by atoms with Crippen LogP contribution in [0.4, 0.5) is 10.1 Å². The van der Waals surface area contributed by atoms with Gasteiger partial charge in [-0.15, -0.1) is 0 Å². The summed E-state index contributed by atoms with van der Waals surface area (Å²) in [6.45, 7) is 7.63. The Balaban J connectivity index is 2.05. The molecule has 3 aromatic rings. The van der Waals surface area contributed by atoms with Crippen molar-refractivity contribution >= 4 is 27.5 Å². The van der Waals surface area contributed by atoms with Crippen LogP contribution in [0.15, 0.2) is 77.7 Å². The Morgan fingerprint density at radius 1 is 0.923 bits per heavy atom. The number of anilines is 1. The third-order valence-electron chi connectivity index (χ3n) is 6.54. The number of nitrogens with zero attached hydrogens (tertiary/aromatic N) is 2. The molecule has 0 aromatic heterocycles. The van der Waals surface area contributed by atoms with Gasteiger partial charge in [-0.1, -0.05) is 55.8 Å². The third-order valence-corrected chi connectivity index (χ3v) is 8.33. The van der Waals surface area contributed by atoms with E-state index in [-0.39, 0.29) is 23.0 Å². The summed E-state index contributed by atoms with van der Waals surface area (Å²) < 4.78 is 42.1. The Morgan fingerprint density at radius 3 is 2.15 bits per heavy atom. The molecule has 3 rings (SSSR count). The van der Waals surface area contributed by atoms with Gasteiger partial charge in [0.05, 0.1) is 10.6 Å². The maximum absolute atomic E-state index is 14.0. The fourth-order valence-corrected chi connectivity index (χ4v) is 5.64. The van der Waals surface area contributed by atoms with E-state index in [9.17, 15) is 22.4 Å². The predicted molar refractivity (Wildman–Crippen MR) is 151 cm³/mol. The van der Waals surface area contributed by atoms with Crippen molar-refractivity contribution in [1.29, 1.82) is 0 Å². The topological polar surface area (TPSA) is 86.8 Å². The highest BCUT2D eigenvalue weighted by Gasteiger charge is 2.33. The molecule has 39 heavy (non-hydrogen) atoms. The lowest BCUT2D eigenvalue weighted by atomic mass is 10.1. The van der Waals surface area contributed by atoms with Crippen molar-refractivity contribution in [3.63, 3.8) is 0 Å². The molecule has 1 atom stereocenters. The number of nitrogens with one attached hydrogen (secondary N) is 1. The van der Waals surface area contributed by atoms with Crippen molar-refractivity contribution in [1.82, 2.24) is 10.2 Å². The minimum absolute atomic E-state index is 0.141. The first-order chi connectivity index (χ1) is 18.6. The van der Waals surface area contributed by atoms with Crippen molar-refractivity contribution in [3.05, 3.63) is 95.3 Å². The maximum Gasteiger partial charge on any atom is 0.264 e. The van der Waals surface area contributed by atoms with Gasteiger partial charge in [0.2, 0.25) is 11.8 Å². The highest BCUT2D eigenvalue weighted by molar-refractivity contribution is 7.92. The van der Waals surface area contributed by atoms with Gasteiger partial charge < -0.3 is 10.2 Å². The first-order valence-corrected chi connectivity index (χ1v) is 14.5. The first-order valence-electron chi connectivity index (χ1n) is 13.0. The summed E-state index contributed by atoms with van der Waals surface area (Å²) in [5.74, 6) is -1.38. The molecule has 0 aliphatic heterocycles. The van der Waals surface area contributed by atoms with Crippen molar-refractivity contribution in [2.45, 2.75) is 58.0 Å². The number of carbonyl (C=O) groups is 2. The normalized spacial score (nSPS) is 12.0. The van der Waals surface area contributed by atoms with Crippen LogP contribution in [0.5, 0.6) is 0 Å². The van der Waals surface area contributed by atoms with Crippen LogP contribution >= 0.6 is 0 Å². The molecule has 0 spiro atoms. The quantitative estimate of drug-likeness (QED) is 0.343. The van der Waals surface area contributed by atoms with Gasteiger partial charge in [0.1, 0.15) is 18.4 Å². The van der Waals surface area contributed by atoms with Crippen molar-refractivity contribution in [2.75, 3.05) is 17.4 Å². The summed E-state index contributed by atoms with van der Waals surface area (Å²) in [6.07, 6.45) is 1.09. The molecule has 9 heteroatoms. The maximum atomic E-state index is 14.0.